The average Bonchev–Trinajstić information content (AvgIpc) is 3.21. The smallest absolute Gasteiger partial charge is 0.168 e. The van der Waals surface area contributed by atoms with Crippen molar-refractivity contribution in [1.82, 2.24) is 10.3 Å². The molecular formula is C14H19F2N3. The number of nitrogens with one attached hydrogen (secondary N) is 1. The molecule has 2 aliphatic rings. The molecule has 0 amide bonds. The highest BCUT2D eigenvalue weighted by atomic mass is 19.1. The monoisotopic (exact) mass is 267 g/mol. The first-order chi connectivity index (χ1) is 9.22. The third kappa shape index (κ3) is 3.21. The number of pyridine rings is 1. The number of hydrogen-bond donors (Lipinski definition) is 1. The molecule has 0 unspecified atom stereocenters. The van der Waals surface area contributed by atoms with Crippen LogP contribution < -0.4 is 10.2 Å². The molecule has 1 aromatic rings. The highest BCUT2D eigenvalue weighted by molar-refractivity contribution is 5.40. The first kappa shape index (κ1) is 12.8. The van der Waals surface area contributed by atoms with Crippen molar-refractivity contribution in [3.05, 3.63) is 23.9 Å². The van der Waals surface area contributed by atoms with Gasteiger partial charge < -0.3 is 10.2 Å². The SMILES string of the molecule is Fc1cnc(N2CCC(CNC3CC3)CC2)c(F)c1. The van der Waals surface area contributed by atoms with Gasteiger partial charge in [-0.25, -0.2) is 13.8 Å². The van der Waals surface area contributed by atoms with E-state index in [9.17, 15) is 8.78 Å². The summed E-state index contributed by atoms with van der Waals surface area (Å²) in [7, 11) is 0. The van der Waals surface area contributed by atoms with Crippen LogP contribution in [0.3, 0.4) is 0 Å². The zero-order chi connectivity index (χ0) is 13.2. The molecule has 1 N–H and O–H groups in total. The van der Waals surface area contributed by atoms with Gasteiger partial charge in [0.2, 0.25) is 0 Å². The van der Waals surface area contributed by atoms with Crippen molar-refractivity contribution in [3.63, 3.8) is 0 Å². The number of rotatable bonds is 4. The highest BCUT2D eigenvalue weighted by Crippen LogP contribution is 2.25. The zero-order valence-electron chi connectivity index (χ0n) is 10.9. The number of halogens is 2. The van der Waals surface area contributed by atoms with E-state index >= 15 is 0 Å². The molecule has 0 spiro atoms. The van der Waals surface area contributed by atoms with Crippen molar-refractivity contribution in [2.45, 2.75) is 31.7 Å². The fraction of sp³-hybridized carbons (Fsp3) is 0.643. The van der Waals surface area contributed by atoms with E-state index in [0.717, 1.165) is 50.8 Å². The van der Waals surface area contributed by atoms with Gasteiger partial charge in [-0.3, -0.25) is 0 Å². The number of hydrogen-bond acceptors (Lipinski definition) is 3. The van der Waals surface area contributed by atoms with Crippen molar-refractivity contribution in [2.75, 3.05) is 24.5 Å². The van der Waals surface area contributed by atoms with Crippen LogP contribution in [-0.2, 0) is 0 Å². The lowest BCUT2D eigenvalue weighted by molar-refractivity contribution is 0.378. The fourth-order valence-electron chi connectivity index (χ4n) is 2.61. The van der Waals surface area contributed by atoms with Crippen molar-refractivity contribution < 1.29 is 8.78 Å². The molecule has 0 atom stereocenters. The van der Waals surface area contributed by atoms with E-state index in [1.165, 1.54) is 12.8 Å². The van der Waals surface area contributed by atoms with E-state index in [2.05, 4.69) is 10.3 Å². The van der Waals surface area contributed by atoms with Gasteiger partial charge in [0.25, 0.3) is 0 Å². The Balaban J connectivity index is 1.53. The summed E-state index contributed by atoms with van der Waals surface area (Å²) >= 11 is 0. The van der Waals surface area contributed by atoms with E-state index in [0.29, 0.717) is 5.92 Å². The van der Waals surface area contributed by atoms with Crippen molar-refractivity contribution in [3.8, 4) is 0 Å². The minimum absolute atomic E-state index is 0.287. The van der Waals surface area contributed by atoms with Crippen LogP contribution in [-0.4, -0.2) is 30.7 Å². The Morgan fingerprint density at radius 3 is 2.58 bits per heavy atom. The molecule has 0 bridgehead atoms. The Kier molecular flexibility index (Phi) is 3.64. The van der Waals surface area contributed by atoms with Gasteiger partial charge in [0.1, 0.15) is 5.82 Å². The number of piperidine rings is 1. The summed E-state index contributed by atoms with van der Waals surface area (Å²) in [6, 6.07) is 1.65. The number of nitrogens with zero attached hydrogens (tertiary/aromatic N) is 2. The summed E-state index contributed by atoms with van der Waals surface area (Å²) in [5, 5.41) is 3.54. The Bertz CT molecular complexity index is 440. The van der Waals surface area contributed by atoms with Gasteiger partial charge in [-0.1, -0.05) is 0 Å². The van der Waals surface area contributed by atoms with E-state index < -0.39 is 11.6 Å². The van der Waals surface area contributed by atoms with Crippen LogP contribution in [0.4, 0.5) is 14.6 Å². The minimum Gasteiger partial charge on any atom is -0.354 e. The van der Waals surface area contributed by atoms with E-state index in [1.54, 1.807) is 0 Å². The molecule has 1 saturated heterocycles. The molecule has 0 aromatic carbocycles. The number of aromatic nitrogens is 1. The maximum Gasteiger partial charge on any atom is 0.168 e. The molecule has 1 saturated carbocycles. The maximum absolute atomic E-state index is 13.6. The van der Waals surface area contributed by atoms with Gasteiger partial charge in [-0.05, 0) is 38.1 Å². The van der Waals surface area contributed by atoms with E-state index in [-0.39, 0.29) is 5.82 Å². The third-order valence-electron chi connectivity index (χ3n) is 3.98. The normalized spacial score (nSPS) is 20.8. The second-order valence-corrected chi connectivity index (χ2v) is 5.57. The molecule has 1 aliphatic heterocycles. The molecule has 2 heterocycles. The predicted molar refractivity (Wildman–Crippen MR) is 70.1 cm³/mol. The lowest BCUT2D eigenvalue weighted by Gasteiger charge is -2.33. The van der Waals surface area contributed by atoms with Crippen LogP contribution in [0.1, 0.15) is 25.7 Å². The molecule has 104 valence electrons. The van der Waals surface area contributed by atoms with E-state index in [1.807, 2.05) is 4.90 Å². The van der Waals surface area contributed by atoms with Crippen LogP contribution >= 0.6 is 0 Å². The maximum atomic E-state index is 13.6. The van der Waals surface area contributed by atoms with Gasteiger partial charge >= 0.3 is 0 Å². The number of anilines is 1. The third-order valence-corrected chi connectivity index (χ3v) is 3.98. The van der Waals surface area contributed by atoms with Gasteiger partial charge in [-0.2, -0.15) is 0 Å². The van der Waals surface area contributed by atoms with Crippen molar-refractivity contribution in [2.24, 2.45) is 5.92 Å². The second kappa shape index (κ2) is 5.41. The summed E-state index contributed by atoms with van der Waals surface area (Å²) in [4.78, 5) is 5.79. The molecule has 0 radical (unpaired) electrons. The summed E-state index contributed by atoms with van der Waals surface area (Å²) in [5.41, 5.74) is 0. The van der Waals surface area contributed by atoms with Crippen LogP contribution in [0.15, 0.2) is 12.3 Å². The molecule has 5 heteroatoms. The summed E-state index contributed by atoms with van der Waals surface area (Å²) in [6.07, 6.45) is 5.78. The largest absolute Gasteiger partial charge is 0.354 e. The zero-order valence-corrected chi connectivity index (χ0v) is 10.9. The molecule has 1 aromatic heterocycles. The highest BCUT2D eigenvalue weighted by Gasteiger charge is 2.25. The molecule has 3 nitrogen and oxygen atoms in total. The summed E-state index contributed by atoms with van der Waals surface area (Å²) in [6.45, 7) is 2.66. The predicted octanol–water partition coefficient (Wildman–Crippen LogP) is 2.33. The summed E-state index contributed by atoms with van der Waals surface area (Å²) in [5.74, 6) is -0.227. The first-order valence-electron chi connectivity index (χ1n) is 7.02. The molecule has 2 fully saturated rings. The molecular weight excluding hydrogens is 248 g/mol. The Hall–Kier alpha value is -1.23. The standard InChI is InChI=1S/C14H19F2N3/c15-11-7-13(16)14(18-9-11)19-5-3-10(4-6-19)8-17-12-1-2-12/h7,9-10,12,17H,1-6,8H2. The Morgan fingerprint density at radius 2 is 1.95 bits per heavy atom. The van der Waals surface area contributed by atoms with Gasteiger partial charge in [0.15, 0.2) is 11.6 Å². The second-order valence-electron chi connectivity index (χ2n) is 5.57. The van der Waals surface area contributed by atoms with Gasteiger partial charge in [0.05, 0.1) is 6.20 Å². The minimum atomic E-state index is -0.621. The first-order valence-corrected chi connectivity index (χ1v) is 7.02. The van der Waals surface area contributed by atoms with Gasteiger partial charge in [-0.15, -0.1) is 0 Å². The van der Waals surface area contributed by atoms with Crippen LogP contribution in [0.25, 0.3) is 0 Å². The summed E-state index contributed by atoms with van der Waals surface area (Å²) < 4.78 is 26.5. The van der Waals surface area contributed by atoms with Crippen LogP contribution in [0.2, 0.25) is 0 Å². The topological polar surface area (TPSA) is 28.2 Å². The molecule has 19 heavy (non-hydrogen) atoms. The lowest BCUT2D eigenvalue weighted by atomic mass is 9.96. The molecule has 3 rings (SSSR count). The Labute approximate surface area is 112 Å². The Morgan fingerprint density at radius 1 is 1.21 bits per heavy atom. The van der Waals surface area contributed by atoms with Crippen molar-refractivity contribution >= 4 is 5.82 Å². The van der Waals surface area contributed by atoms with Crippen molar-refractivity contribution in [1.29, 1.82) is 0 Å². The van der Waals surface area contributed by atoms with Gasteiger partial charge in [0, 0.05) is 25.2 Å². The van der Waals surface area contributed by atoms with E-state index in [4.69, 9.17) is 0 Å². The van der Waals surface area contributed by atoms with Crippen LogP contribution in [0, 0.1) is 17.6 Å². The lowest BCUT2D eigenvalue weighted by Crippen LogP contribution is -2.38. The van der Waals surface area contributed by atoms with Crippen LogP contribution in [0.5, 0.6) is 0 Å². The average molecular weight is 267 g/mol. The fourth-order valence-corrected chi connectivity index (χ4v) is 2.61. The quantitative estimate of drug-likeness (QED) is 0.907. The molecule has 1 aliphatic carbocycles.